The van der Waals surface area contributed by atoms with Crippen LogP contribution in [0.3, 0.4) is 0 Å². The van der Waals surface area contributed by atoms with Crippen LogP contribution in [0.1, 0.15) is 45.1 Å². The maximum atomic E-state index is 13.0. The topological polar surface area (TPSA) is 140 Å². The van der Waals surface area contributed by atoms with Gasteiger partial charge in [-0.05, 0) is 48.7 Å². The molecule has 236 valence electrons. The highest BCUT2D eigenvalue weighted by atomic mass is 32.2. The van der Waals surface area contributed by atoms with E-state index in [9.17, 15) is 26.9 Å². The summed E-state index contributed by atoms with van der Waals surface area (Å²) in [7, 11) is -5.73. The number of carbonyl (C=O) groups excluding carboxylic acids is 1. The van der Waals surface area contributed by atoms with Gasteiger partial charge in [0, 0.05) is 11.1 Å². The van der Waals surface area contributed by atoms with Crippen molar-refractivity contribution < 1.29 is 31.1 Å². The fourth-order valence-electron chi connectivity index (χ4n) is 4.41. The highest BCUT2D eigenvalue weighted by molar-refractivity contribution is 8.00. The van der Waals surface area contributed by atoms with Crippen molar-refractivity contribution in [3.63, 3.8) is 0 Å². The lowest BCUT2D eigenvalue weighted by Gasteiger charge is -2.18. The molecule has 0 aliphatic carbocycles. The molecule has 1 heterocycles. The summed E-state index contributed by atoms with van der Waals surface area (Å²) in [6, 6.07) is 20.6. The van der Waals surface area contributed by atoms with Crippen LogP contribution in [-0.4, -0.2) is 69.8 Å². The Hall–Kier alpha value is -3.40. The summed E-state index contributed by atoms with van der Waals surface area (Å²) in [6.07, 6.45) is 0.838. The molecule has 0 unspecified atom stereocenters. The van der Waals surface area contributed by atoms with E-state index in [1.165, 1.54) is 0 Å². The highest BCUT2D eigenvalue weighted by Gasteiger charge is 2.28. The van der Waals surface area contributed by atoms with E-state index in [2.05, 4.69) is 6.07 Å². The zero-order chi connectivity index (χ0) is 32.2. The molecule has 2 aromatic carbocycles. The summed E-state index contributed by atoms with van der Waals surface area (Å²) in [5.41, 5.74) is 3.04. The van der Waals surface area contributed by atoms with Crippen LogP contribution in [-0.2, 0) is 29.2 Å². The van der Waals surface area contributed by atoms with Gasteiger partial charge in [-0.3, -0.25) is 4.79 Å². The number of nitrogens with zero attached hydrogens (tertiary/aromatic N) is 2. The number of sulfone groups is 2. The van der Waals surface area contributed by atoms with Gasteiger partial charge in [0.2, 0.25) is 0 Å². The number of hydrogen-bond acceptors (Lipinski definition) is 10. The van der Waals surface area contributed by atoms with Crippen molar-refractivity contribution >= 4 is 37.4 Å². The third kappa shape index (κ3) is 10.6. The van der Waals surface area contributed by atoms with Crippen molar-refractivity contribution in [3.8, 4) is 34.2 Å². The van der Waals surface area contributed by atoms with Gasteiger partial charge >= 0.3 is 5.97 Å². The standard InChI is InChI=1S/C32H38N2O7S3/c1-4-6-17-43(36,37)22-27(23-44(38,39)18-7-5-2)41-31(35)21-42-32-29(20-33)28(24-11-9-8-10-12-24)19-30(34-32)25-13-15-26(40-3)16-14-25/h8-16,19,27H,4-7,17-18,21-23H2,1-3H3. The van der Waals surface area contributed by atoms with Crippen molar-refractivity contribution in [3.05, 3.63) is 66.2 Å². The van der Waals surface area contributed by atoms with Gasteiger partial charge in [0.1, 0.15) is 22.9 Å². The molecular weight excluding hydrogens is 621 g/mol. The number of esters is 1. The molecule has 0 aliphatic rings. The largest absolute Gasteiger partial charge is 0.497 e. The number of benzene rings is 2. The lowest BCUT2D eigenvalue weighted by atomic mass is 9.99. The van der Waals surface area contributed by atoms with Gasteiger partial charge < -0.3 is 9.47 Å². The first-order valence-electron chi connectivity index (χ1n) is 14.4. The Kier molecular flexibility index (Phi) is 13.2. The average Bonchev–Trinajstić information content (AvgIpc) is 3.01. The quantitative estimate of drug-likeness (QED) is 0.130. The molecule has 1 aromatic heterocycles. The van der Waals surface area contributed by atoms with E-state index in [0.29, 0.717) is 47.7 Å². The number of rotatable bonds is 17. The number of aromatic nitrogens is 1. The minimum atomic E-state index is -3.65. The second-order valence-corrected chi connectivity index (χ2v) is 15.7. The van der Waals surface area contributed by atoms with Gasteiger partial charge in [-0.1, -0.05) is 68.8 Å². The Bertz CT molecular complexity index is 1610. The highest BCUT2D eigenvalue weighted by Crippen LogP contribution is 2.34. The number of thioether (sulfide) groups is 1. The fraction of sp³-hybridized carbons (Fsp3) is 0.406. The van der Waals surface area contributed by atoms with E-state index in [-0.39, 0.29) is 22.8 Å². The van der Waals surface area contributed by atoms with Crippen LogP contribution in [0.4, 0.5) is 0 Å². The van der Waals surface area contributed by atoms with Crippen LogP contribution in [0.5, 0.6) is 5.75 Å². The smallest absolute Gasteiger partial charge is 0.316 e. The van der Waals surface area contributed by atoms with E-state index in [0.717, 1.165) is 22.9 Å². The molecule has 3 aromatic rings. The van der Waals surface area contributed by atoms with E-state index >= 15 is 0 Å². The predicted octanol–water partition coefficient (Wildman–Crippen LogP) is 5.73. The second kappa shape index (κ2) is 16.6. The van der Waals surface area contributed by atoms with Crippen molar-refractivity contribution in [1.29, 1.82) is 5.26 Å². The van der Waals surface area contributed by atoms with Crippen molar-refractivity contribution in [1.82, 2.24) is 4.98 Å². The molecule has 0 bridgehead atoms. The Morgan fingerprint density at radius 3 is 2.02 bits per heavy atom. The van der Waals surface area contributed by atoms with Crippen molar-refractivity contribution in [2.24, 2.45) is 0 Å². The summed E-state index contributed by atoms with van der Waals surface area (Å²) in [5.74, 6) is -1.79. The molecule has 44 heavy (non-hydrogen) atoms. The lowest BCUT2D eigenvalue weighted by Crippen LogP contribution is -2.35. The van der Waals surface area contributed by atoms with E-state index in [1.807, 2.05) is 62.4 Å². The number of methoxy groups -OCH3 is 1. The molecule has 0 spiro atoms. The normalized spacial score (nSPS) is 11.7. The minimum Gasteiger partial charge on any atom is -0.497 e. The third-order valence-electron chi connectivity index (χ3n) is 6.69. The molecule has 0 aliphatic heterocycles. The van der Waals surface area contributed by atoms with Crippen LogP contribution >= 0.6 is 11.8 Å². The minimum absolute atomic E-state index is 0.114. The molecule has 0 N–H and O–H groups in total. The Morgan fingerprint density at radius 1 is 0.909 bits per heavy atom. The maximum absolute atomic E-state index is 13.0. The summed E-state index contributed by atoms with van der Waals surface area (Å²) >= 11 is 0.979. The number of hydrogen-bond donors (Lipinski definition) is 0. The van der Waals surface area contributed by atoms with Crippen LogP contribution in [0.2, 0.25) is 0 Å². The summed E-state index contributed by atoms with van der Waals surface area (Å²) in [5, 5.41) is 10.4. The zero-order valence-electron chi connectivity index (χ0n) is 25.2. The van der Waals surface area contributed by atoms with Crippen LogP contribution < -0.4 is 4.74 Å². The van der Waals surface area contributed by atoms with Gasteiger partial charge in [0.25, 0.3) is 0 Å². The van der Waals surface area contributed by atoms with Gasteiger partial charge in [-0.15, -0.1) is 0 Å². The Balaban J connectivity index is 1.90. The summed E-state index contributed by atoms with van der Waals surface area (Å²) in [4.78, 5) is 17.7. The molecule has 0 fully saturated rings. The molecule has 0 saturated heterocycles. The van der Waals surface area contributed by atoms with Crippen LogP contribution in [0.15, 0.2) is 65.7 Å². The Morgan fingerprint density at radius 2 is 1.50 bits per heavy atom. The second-order valence-electron chi connectivity index (χ2n) is 10.3. The third-order valence-corrected chi connectivity index (χ3v) is 11.2. The molecule has 0 atom stereocenters. The first kappa shape index (κ1) is 35.1. The average molecular weight is 659 g/mol. The fourth-order valence-corrected chi connectivity index (χ4v) is 8.64. The number of nitriles is 1. The van der Waals surface area contributed by atoms with E-state index < -0.39 is 43.3 Å². The monoisotopic (exact) mass is 658 g/mol. The number of pyridine rings is 1. The van der Waals surface area contributed by atoms with Gasteiger partial charge in [-0.2, -0.15) is 5.26 Å². The predicted molar refractivity (Wildman–Crippen MR) is 174 cm³/mol. The molecule has 0 saturated carbocycles. The van der Waals surface area contributed by atoms with Crippen molar-refractivity contribution in [2.75, 3.05) is 35.9 Å². The molecule has 0 amide bonds. The van der Waals surface area contributed by atoms with Crippen LogP contribution in [0.25, 0.3) is 22.4 Å². The van der Waals surface area contributed by atoms with Crippen LogP contribution in [0, 0.1) is 11.3 Å². The Labute approximate surface area is 264 Å². The molecule has 3 rings (SSSR count). The molecule has 0 radical (unpaired) electrons. The van der Waals surface area contributed by atoms with Gasteiger partial charge in [0.05, 0.1) is 47.1 Å². The van der Waals surface area contributed by atoms with Gasteiger partial charge in [-0.25, -0.2) is 21.8 Å². The van der Waals surface area contributed by atoms with E-state index in [4.69, 9.17) is 14.5 Å². The molecule has 9 nitrogen and oxygen atoms in total. The van der Waals surface area contributed by atoms with E-state index in [1.54, 1.807) is 19.2 Å². The molecule has 12 heteroatoms. The summed E-state index contributed by atoms with van der Waals surface area (Å²) < 4.78 is 61.5. The molecular formula is C32H38N2O7S3. The maximum Gasteiger partial charge on any atom is 0.316 e. The lowest BCUT2D eigenvalue weighted by molar-refractivity contribution is -0.143. The number of carbonyl (C=O) groups is 1. The first-order valence-corrected chi connectivity index (χ1v) is 19.0. The number of unbranched alkanes of at least 4 members (excludes halogenated alkanes) is 2. The summed E-state index contributed by atoms with van der Waals surface area (Å²) in [6.45, 7) is 3.71. The zero-order valence-corrected chi connectivity index (χ0v) is 27.6. The SMILES string of the molecule is CCCCS(=O)(=O)CC(CS(=O)(=O)CCCC)OC(=O)CSc1nc(-c2ccc(OC)cc2)cc(-c2ccccc2)c1C#N. The number of ether oxygens (including phenoxy) is 2. The van der Waals surface area contributed by atoms with Gasteiger partial charge in [0.15, 0.2) is 19.7 Å². The first-order chi connectivity index (χ1) is 21.0. The van der Waals surface area contributed by atoms with Crippen molar-refractivity contribution in [2.45, 2.75) is 50.7 Å².